The van der Waals surface area contributed by atoms with E-state index in [0.717, 1.165) is 17.9 Å². The molecule has 1 aromatic rings. The lowest BCUT2D eigenvalue weighted by Gasteiger charge is -2.08. The number of thioether (sulfide) groups is 1. The predicted molar refractivity (Wildman–Crippen MR) is 52.0 cm³/mol. The molecule has 0 fully saturated rings. The lowest BCUT2D eigenvalue weighted by molar-refractivity contribution is 0.677. The molecular weight excluding hydrogens is 170 g/mol. The maximum absolute atomic E-state index is 5.87. The summed E-state index contributed by atoms with van der Waals surface area (Å²) in [7, 11) is 0. The summed E-state index contributed by atoms with van der Waals surface area (Å²) in [5, 5.41) is 0. The van der Waals surface area contributed by atoms with Gasteiger partial charge >= 0.3 is 0 Å². The van der Waals surface area contributed by atoms with Gasteiger partial charge in [0, 0.05) is 24.6 Å². The van der Waals surface area contributed by atoms with Gasteiger partial charge in [-0.05, 0) is 18.4 Å². The van der Waals surface area contributed by atoms with E-state index in [9.17, 15) is 0 Å². The van der Waals surface area contributed by atoms with Gasteiger partial charge in [0.2, 0.25) is 0 Å². The van der Waals surface area contributed by atoms with Crippen LogP contribution < -0.4 is 5.73 Å². The van der Waals surface area contributed by atoms with Crippen molar-refractivity contribution in [3.8, 4) is 0 Å². The molecule has 66 valence electrons. The van der Waals surface area contributed by atoms with Gasteiger partial charge in [0.05, 0.1) is 5.69 Å². The summed E-state index contributed by atoms with van der Waals surface area (Å²) in [4.78, 5) is 8.10. The van der Waals surface area contributed by atoms with Crippen LogP contribution in [0.25, 0.3) is 0 Å². The molecule has 0 saturated heterocycles. The zero-order valence-corrected chi connectivity index (χ0v) is 7.92. The molecule has 0 bridgehead atoms. The van der Waals surface area contributed by atoms with Crippen LogP contribution in [0.2, 0.25) is 0 Å². The van der Waals surface area contributed by atoms with Crippen LogP contribution in [-0.2, 0) is 0 Å². The zero-order chi connectivity index (χ0) is 8.81. The highest BCUT2D eigenvalue weighted by Crippen LogP contribution is 2.11. The first kappa shape index (κ1) is 9.48. The highest BCUT2D eigenvalue weighted by atomic mass is 32.2. The molecule has 4 heteroatoms. The number of nitrogens with zero attached hydrogens (tertiary/aromatic N) is 2. The highest BCUT2D eigenvalue weighted by Gasteiger charge is 2.05. The molecule has 0 spiro atoms. The van der Waals surface area contributed by atoms with Crippen molar-refractivity contribution >= 4 is 11.8 Å². The number of rotatable bonds is 4. The van der Waals surface area contributed by atoms with Gasteiger partial charge in [-0.2, -0.15) is 11.8 Å². The average molecular weight is 183 g/mol. The summed E-state index contributed by atoms with van der Waals surface area (Å²) in [6, 6.07) is 0.0335. The van der Waals surface area contributed by atoms with Crippen LogP contribution in [0.1, 0.15) is 18.2 Å². The summed E-state index contributed by atoms with van der Waals surface area (Å²) in [5.74, 6) is 1.07. The molecule has 0 saturated carbocycles. The van der Waals surface area contributed by atoms with Crippen molar-refractivity contribution in [3.63, 3.8) is 0 Å². The van der Waals surface area contributed by atoms with Gasteiger partial charge in [-0.25, -0.2) is 0 Å². The molecule has 0 aliphatic rings. The minimum atomic E-state index is 0.0335. The van der Waals surface area contributed by atoms with Crippen LogP contribution in [0.15, 0.2) is 18.6 Å². The Labute approximate surface area is 76.8 Å². The quantitative estimate of drug-likeness (QED) is 0.762. The smallest absolute Gasteiger partial charge is 0.0754 e. The topological polar surface area (TPSA) is 51.8 Å². The van der Waals surface area contributed by atoms with Gasteiger partial charge in [0.1, 0.15) is 0 Å². The molecule has 0 aliphatic heterocycles. The maximum Gasteiger partial charge on any atom is 0.0754 e. The van der Waals surface area contributed by atoms with Crippen LogP contribution in [-0.4, -0.2) is 22.0 Å². The molecule has 1 atom stereocenters. The van der Waals surface area contributed by atoms with Gasteiger partial charge in [-0.1, -0.05) is 0 Å². The fraction of sp³-hybridized carbons (Fsp3) is 0.500. The lowest BCUT2D eigenvalue weighted by atomic mass is 10.2. The Morgan fingerprint density at radius 3 is 3.00 bits per heavy atom. The zero-order valence-electron chi connectivity index (χ0n) is 7.10. The molecule has 0 amide bonds. The van der Waals surface area contributed by atoms with Crippen LogP contribution >= 0.6 is 11.8 Å². The van der Waals surface area contributed by atoms with Crippen molar-refractivity contribution < 1.29 is 0 Å². The minimum absolute atomic E-state index is 0.0335. The Balaban J connectivity index is 2.48. The lowest BCUT2D eigenvalue weighted by Crippen LogP contribution is -2.12. The Kier molecular flexibility index (Phi) is 4.04. The van der Waals surface area contributed by atoms with E-state index in [1.807, 2.05) is 0 Å². The van der Waals surface area contributed by atoms with E-state index < -0.39 is 0 Å². The van der Waals surface area contributed by atoms with Crippen molar-refractivity contribution in [1.29, 1.82) is 0 Å². The number of nitrogens with two attached hydrogens (primary N) is 1. The van der Waals surface area contributed by atoms with E-state index in [2.05, 4.69) is 16.2 Å². The standard InChI is InChI=1S/C8H13N3S/c1-12-5-2-7(9)8-6-10-3-4-11-8/h3-4,6-7H,2,5,9H2,1H3. The SMILES string of the molecule is CSCCC(N)c1cnccn1. The van der Waals surface area contributed by atoms with Crippen LogP contribution in [0.3, 0.4) is 0 Å². The van der Waals surface area contributed by atoms with E-state index in [1.165, 1.54) is 0 Å². The summed E-state index contributed by atoms with van der Waals surface area (Å²) in [5.41, 5.74) is 6.75. The van der Waals surface area contributed by atoms with Crippen molar-refractivity contribution in [2.24, 2.45) is 5.73 Å². The molecule has 0 aromatic carbocycles. The van der Waals surface area contributed by atoms with E-state index in [-0.39, 0.29) is 6.04 Å². The molecule has 1 aromatic heterocycles. The molecule has 3 nitrogen and oxygen atoms in total. The van der Waals surface area contributed by atoms with Gasteiger partial charge in [0.25, 0.3) is 0 Å². The highest BCUT2D eigenvalue weighted by molar-refractivity contribution is 7.98. The summed E-state index contributed by atoms with van der Waals surface area (Å²) < 4.78 is 0. The molecule has 2 N–H and O–H groups in total. The monoisotopic (exact) mass is 183 g/mol. The Morgan fingerprint density at radius 1 is 1.58 bits per heavy atom. The third kappa shape index (κ3) is 2.79. The number of aromatic nitrogens is 2. The summed E-state index contributed by atoms with van der Waals surface area (Å²) >= 11 is 1.80. The normalized spacial score (nSPS) is 12.8. The van der Waals surface area contributed by atoms with Crippen LogP contribution in [0.4, 0.5) is 0 Å². The first-order chi connectivity index (χ1) is 5.84. The molecule has 1 heterocycles. The molecule has 1 rings (SSSR count). The van der Waals surface area contributed by atoms with Crippen LogP contribution in [0.5, 0.6) is 0 Å². The van der Waals surface area contributed by atoms with Gasteiger partial charge in [0.15, 0.2) is 0 Å². The second-order valence-electron chi connectivity index (χ2n) is 2.52. The van der Waals surface area contributed by atoms with Crippen molar-refractivity contribution in [2.75, 3.05) is 12.0 Å². The third-order valence-corrected chi connectivity index (χ3v) is 2.24. The molecule has 1 unspecified atom stereocenters. The summed E-state index contributed by atoms with van der Waals surface area (Å²) in [6.45, 7) is 0. The minimum Gasteiger partial charge on any atom is -0.323 e. The number of hydrogen-bond donors (Lipinski definition) is 1. The molecule has 0 aliphatic carbocycles. The second kappa shape index (κ2) is 5.11. The van der Waals surface area contributed by atoms with Gasteiger partial charge < -0.3 is 5.73 Å². The average Bonchev–Trinajstić information content (AvgIpc) is 2.15. The van der Waals surface area contributed by atoms with Crippen molar-refractivity contribution in [3.05, 3.63) is 24.3 Å². The van der Waals surface area contributed by atoms with Crippen LogP contribution in [0, 0.1) is 0 Å². The fourth-order valence-corrected chi connectivity index (χ4v) is 1.38. The number of hydrogen-bond acceptors (Lipinski definition) is 4. The Hall–Kier alpha value is -0.610. The summed E-state index contributed by atoms with van der Waals surface area (Å²) in [6.07, 6.45) is 8.09. The Bertz CT molecular complexity index is 215. The Morgan fingerprint density at radius 2 is 2.42 bits per heavy atom. The first-order valence-corrected chi connectivity index (χ1v) is 5.24. The first-order valence-electron chi connectivity index (χ1n) is 3.85. The van der Waals surface area contributed by atoms with Crippen molar-refractivity contribution in [2.45, 2.75) is 12.5 Å². The van der Waals surface area contributed by atoms with Crippen molar-refractivity contribution in [1.82, 2.24) is 9.97 Å². The predicted octanol–water partition coefficient (Wildman–Crippen LogP) is 1.23. The fourth-order valence-electron chi connectivity index (χ4n) is 0.895. The molecule has 0 radical (unpaired) electrons. The maximum atomic E-state index is 5.87. The molecular formula is C8H13N3S. The van der Waals surface area contributed by atoms with E-state index >= 15 is 0 Å². The van der Waals surface area contributed by atoms with E-state index in [1.54, 1.807) is 30.4 Å². The third-order valence-electron chi connectivity index (χ3n) is 1.60. The largest absolute Gasteiger partial charge is 0.323 e. The van der Waals surface area contributed by atoms with Gasteiger partial charge in [-0.3, -0.25) is 9.97 Å². The van der Waals surface area contributed by atoms with Gasteiger partial charge in [-0.15, -0.1) is 0 Å². The molecule has 12 heavy (non-hydrogen) atoms. The van der Waals surface area contributed by atoms with E-state index in [4.69, 9.17) is 5.73 Å². The second-order valence-corrected chi connectivity index (χ2v) is 3.50. The van der Waals surface area contributed by atoms with E-state index in [0.29, 0.717) is 0 Å².